The van der Waals surface area contributed by atoms with Gasteiger partial charge in [0.25, 0.3) is 0 Å². The van der Waals surface area contributed by atoms with E-state index in [1.807, 2.05) is 52.0 Å². The van der Waals surface area contributed by atoms with Gasteiger partial charge in [-0.2, -0.15) is 0 Å². The van der Waals surface area contributed by atoms with Crippen molar-refractivity contribution in [1.29, 1.82) is 0 Å². The standard InChI is InChI=1S/C44H48O3.C2H6O.2C2H6/c1-30-27-34(41(29-43(2,3)4)31-11-9-8-10-12-31)17-23-38(30)39-24-18-35(44(5,6)7)28-40(39)42(32-13-19-36(46)20-14-32)33-15-21-37(22-16-33)47-26-25-45;1-2-3;2*1-2/h8-24,27-29,42,45-46H,25-26H2,1-7H3;3H,2H2,1H3;2*1-2H3. The van der Waals surface area contributed by atoms with E-state index in [2.05, 4.69) is 133 Å². The molecule has 1 unspecified atom stereocenters. The van der Waals surface area contributed by atoms with Gasteiger partial charge in [-0.05, 0) is 105 Å². The third kappa shape index (κ3) is 13.0. The molecule has 1 atom stereocenters. The van der Waals surface area contributed by atoms with E-state index < -0.39 is 0 Å². The van der Waals surface area contributed by atoms with Gasteiger partial charge in [0, 0.05) is 12.5 Å². The molecule has 4 heteroatoms. The Bertz CT molecular complexity index is 1840. The summed E-state index contributed by atoms with van der Waals surface area (Å²) in [6, 6.07) is 40.1. The van der Waals surface area contributed by atoms with Gasteiger partial charge in [0.1, 0.15) is 18.1 Å². The Kier molecular flexibility index (Phi) is 18.5. The molecular formula is C50H66O4. The largest absolute Gasteiger partial charge is 0.508 e. The van der Waals surface area contributed by atoms with Crippen LogP contribution in [0.25, 0.3) is 16.7 Å². The Morgan fingerprint density at radius 1 is 0.667 bits per heavy atom. The maximum atomic E-state index is 10.2. The first-order valence-corrected chi connectivity index (χ1v) is 19.5. The summed E-state index contributed by atoms with van der Waals surface area (Å²) in [5.41, 5.74) is 11.9. The van der Waals surface area contributed by atoms with Crippen LogP contribution in [0, 0.1) is 12.3 Å². The molecule has 3 N–H and O–H groups in total. The predicted molar refractivity (Wildman–Crippen MR) is 232 cm³/mol. The third-order valence-electron chi connectivity index (χ3n) is 8.52. The molecule has 4 nitrogen and oxygen atoms in total. The molecule has 5 aromatic rings. The number of aryl methyl sites for hydroxylation is 1. The fourth-order valence-electron chi connectivity index (χ4n) is 6.17. The number of hydrogen-bond acceptors (Lipinski definition) is 4. The van der Waals surface area contributed by atoms with Crippen LogP contribution in [0.4, 0.5) is 0 Å². The number of ether oxygens (including phenoxy) is 1. The highest BCUT2D eigenvalue weighted by Gasteiger charge is 2.25. The number of phenols is 1. The smallest absolute Gasteiger partial charge is 0.119 e. The molecule has 5 aromatic carbocycles. The summed E-state index contributed by atoms with van der Waals surface area (Å²) >= 11 is 0. The van der Waals surface area contributed by atoms with E-state index in [1.54, 1.807) is 19.1 Å². The number of aliphatic hydroxyl groups excluding tert-OH is 2. The van der Waals surface area contributed by atoms with Gasteiger partial charge in [0.15, 0.2) is 0 Å². The second-order valence-electron chi connectivity index (χ2n) is 14.9. The van der Waals surface area contributed by atoms with E-state index in [0.717, 1.165) is 16.9 Å². The lowest BCUT2D eigenvalue weighted by Gasteiger charge is -2.27. The number of phenolic OH excluding ortho intramolecular Hbond substituents is 1. The SMILES string of the molecule is CC.CC.CCO.Cc1cc(C(=CC(C)(C)C)c2ccccc2)ccc1-c1ccc(C(C)(C)C)cc1C(c1ccc(O)cc1)c1ccc(OCCO)cc1. The molecule has 0 saturated heterocycles. The summed E-state index contributed by atoms with van der Waals surface area (Å²) < 4.78 is 5.69. The van der Waals surface area contributed by atoms with Gasteiger partial charge in [-0.1, -0.05) is 166 Å². The van der Waals surface area contributed by atoms with Crippen LogP contribution in [0.15, 0.2) is 121 Å². The highest BCUT2D eigenvalue weighted by Crippen LogP contribution is 2.42. The van der Waals surface area contributed by atoms with Crippen LogP contribution in [0.1, 0.15) is 121 Å². The minimum Gasteiger partial charge on any atom is -0.508 e. The molecule has 0 aliphatic rings. The van der Waals surface area contributed by atoms with E-state index in [-0.39, 0.29) is 42.3 Å². The van der Waals surface area contributed by atoms with Gasteiger partial charge >= 0.3 is 0 Å². The van der Waals surface area contributed by atoms with Gasteiger partial charge in [-0.15, -0.1) is 0 Å². The van der Waals surface area contributed by atoms with Gasteiger partial charge in [0.2, 0.25) is 0 Å². The van der Waals surface area contributed by atoms with E-state index in [4.69, 9.17) is 9.84 Å². The van der Waals surface area contributed by atoms with Gasteiger partial charge in [0.05, 0.1) is 6.61 Å². The number of allylic oxidation sites excluding steroid dienone is 1. The Morgan fingerprint density at radius 3 is 1.70 bits per heavy atom. The summed E-state index contributed by atoms with van der Waals surface area (Å²) in [5.74, 6) is 0.868. The summed E-state index contributed by atoms with van der Waals surface area (Å²) in [6.07, 6.45) is 2.37. The summed E-state index contributed by atoms with van der Waals surface area (Å²) in [7, 11) is 0. The zero-order valence-electron chi connectivity index (χ0n) is 35.0. The van der Waals surface area contributed by atoms with Crippen molar-refractivity contribution < 1.29 is 20.1 Å². The Morgan fingerprint density at radius 2 is 1.20 bits per heavy atom. The van der Waals surface area contributed by atoms with Crippen molar-refractivity contribution in [3.8, 4) is 22.6 Å². The maximum absolute atomic E-state index is 10.2. The monoisotopic (exact) mass is 730 g/mol. The van der Waals surface area contributed by atoms with Crippen molar-refractivity contribution >= 4 is 5.57 Å². The quantitative estimate of drug-likeness (QED) is 0.132. The first-order valence-electron chi connectivity index (χ1n) is 19.5. The topological polar surface area (TPSA) is 69.9 Å². The van der Waals surface area contributed by atoms with Crippen LogP contribution in [0.5, 0.6) is 11.5 Å². The molecule has 0 saturated carbocycles. The van der Waals surface area contributed by atoms with E-state index in [1.165, 1.54) is 44.5 Å². The molecule has 0 spiro atoms. The first kappa shape index (κ1) is 45.5. The molecule has 0 amide bonds. The van der Waals surface area contributed by atoms with Crippen molar-refractivity contribution in [1.82, 2.24) is 0 Å². The Balaban J connectivity index is 0.00000135. The highest BCUT2D eigenvalue weighted by molar-refractivity contribution is 5.83. The second-order valence-corrected chi connectivity index (χ2v) is 14.9. The molecule has 54 heavy (non-hydrogen) atoms. The number of aromatic hydroxyl groups is 1. The lowest BCUT2D eigenvalue weighted by atomic mass is 9.77. The molecule has 0 heterocycles. The Labute approximate surface area is 327 Å². The van der Waals surface area contributed by atoms with E-state index in [9.17, 15) is 10.2 Å². The summed E-state index contributed by atoms with van der Waals surface area (Å²) in [5, 5.41) is 27.0. The van der Waals surface area contributed by atoms with Crippen LogP contribution in [0.2, 0.25) is 0 Å². The van der Waals surface area contributed by atoms with Crippen LogP contribution in [0.3, 0.4) is 0 Å². The molecule has 0 radical (unpaired) electrons. The van der Waals surface area contributed by atoms with Crippen molar-refractivity contribution in [3.63, 3.8) is 0 Å². The second kappa shape index (κ2) is 21.9. The third-order valence-corrected chi connectivity index (χ3v) is 8.52. The van der Waals surface area contributed by atoms with Gasteiger partial charge in [-0.25, -0.2) is 0 Å². The average Bonchev–Trinajstić information content (AvgIpc) is 3.16. The Hall–Kier alpha value is -4.64. The summed E-state index contributed by atoms with van der Waals surface area (Å²) in [6.45, 7) is 25.9. The molecule has 290 valence electrons. The maximum Gasteiger partial charge on any atom is 0.119 e. The zero-order valence-corrected chi connectivity index (χ0v) is 35.0. The lowest BCUT2D eigenvalue weighted by molar-refractivity contribution is 0.201. The average molecular weight is 731 g/mol. The van der Waals surface area contributed by atoms with Crippen molar-refractivity contribution in [3.05, 3.63) is 160 Å². The highest BCUT2D eigenvalue weighted by atomic mass is 16.5. The molecular weight excluding hydrogens is 665 g/mol. The van der Waals surface area contributed by atoms with Crippen LogP contribution < -0.4 is 4.74 Å². The van der Waals surface area contributed by atoms with E-state index in [0.29, 0.717) is 0 Å². The van der Waals surface area contributed by atoms with Gasteiger partial charge < -0.3 is 20.1 Å². The van der Waals surface area contributed by atoms with Crippen molar-refractivity contribution in [2.45, 2.75) is 94.4 Å². The number of hydrogen-bond donors (Lipinski definition) is 3. The normalized spacial score (nSPS) is 11.9. The van der Waals surface area contributed by atoms with E-state index >= 15 is 0 Å². The lowest BCUT2D eigenvalue weighted by Crippen LogP contribution is -2.14. The van der Waals surface area contributed by atoms with Crippen molar-refractivity contribution in [2.75, 3.05) is 19.8 Å². The number of aliphatic hydroxyl groups is 2. The molecule has 5 rings (SSSR count). The fourth-order valence-corrected chi connectivity index (χ4v) is 6.17. The molecule has 0 aliphatic carbocycles. The van der Waals surface area contributed by atoms with Crippen LogP contribution >= 0.6 is 0 Å². The molecule has 0 bridgehead atoms. The molecule has 0 aromatic heterocycles. The van der Waals surface area contributed by atoms with Gasteiger partial charge in [-0.3, -0.25) is 0 Å². The minimum atomic E-state index is -0.0977. The zero-order chi connectivity index (χ0) is 40.5. The number of benzene rings is 5. The minimum absolute atomic E-state index is 0.0176. The van der Waals surface area contributed by atoms with Crippen molar-refractivity contribution in [2.24, 2.45) is 5.41 Å². The number of rotatable bonds is 9. The molecule has 0 fully saturated rings. The van der Waals surface area contributed by atoms with Crippen LogP contribution in [-0.2, 0) is 5.41 Å². The van der Waals surface area contributed by atoms with Crippen LogP contribution in [-0.4, -0.2) is 35.1 Å². The first-order chi connectivity index (χ1) is 25.7. The fraction of sp³-hybridized carbons (Fsp3) is 0.360. The predicted octanol–water partition coefficient (Wildman–Crippen LogP) is 12.7. The summed E-state index contributed by atoms with van der Waals surface area (Å²) in [4.78, 5) is 0. The molecule has 0 aliphatic heterocycles.